The highest BCUT2D eigenvalue weighted by atomic mass is 19.1. The van der Waals surface area contributed by atoms with E-state index in [0.29, 0.717) is 44.2 Å². The number of aliphatic hydroxyl groups excluding tert-OH is 1. The zero-order valence-electron chi connectivity index (χ0n) is 23.1. The molecule has 0 radical (unpaired) electrons. The molecule has 1 aromatic carbocycles. The van der Waals surface area contributed by atoms with E-state index >= 15 is 0 Å². The van der Waals surface area contributed by atoms with Gasteiger partial charge in [-0.15, -0.1) is 0 Å². The van der Waals surface area contributed by atoms with Gasteiger partial charge in [-0.2, -0.15) is 4.98 Å². The summed E-state index contributed by atoms with van der Waals surface area (Å²) in [6.07, 6.45) is 3.80. The van der Waals surface area contributed by atoms with Gasteiger partial charge >= 0.3 is 0 Å². The van der Waals surface area contributed by atoms with Gasteiger partial charge in [-0.25, -0.2) is 14.4 Å². The number of alkyl halides is 1. The predicted octanol–water partition coefficient (Wildman–Crippen LogP) is 3.80. The highest BCUT2D eigenvalue weighted by molar-refractivity contribution is 6.09. The number of pyridine rings is 1. The Balaban J connectivity index is 1.55. The molecule has 0 bridgehead atoms. The summed E-state index contributed by atoms with van der Waals surface area (Å²) in [4.78, 5) is 13.8. The number of nitrogens with two attached hydrogens (primary N) is 1. The van der Waals surface area contributed by atoms with E-state index < -0.39 is 6.17 Å². The third-order valence-electron chi connectivity index (χ3n) is 7.44. The molecule has 1 fully saturated rings. The SMILES string of the molecule is CCC[C@@H](CCO)Nc1nc(N)nc2c3ccccc3n(Cc3cc(CN[C@@H]4CCOC[C@@H]4F)cnc3OC)c12. The number of hydrogen-bond acceptors (Lipinski definition) is 9. The maximum atomic E-state index is 14.3. The first-order valence-corrected chi connectivity index (χ1v) is 13.9. The molecule has 1 aliphatic rings. The van der Waals surface area contributed by atoms with Crippen LogP contribution in [0.4, 0.5) is 16.2 Å². The van der Waals surface area contributed by atoms with Gasteiger partial charge in [0.25, 0.3) is 0 Å². The van der Waals surface area contributed by atoms with Crippen LogP contribution in [0.25, 0.3) is 21.9 Å². The molecule has 5 rings (SSSR count). The quantitative estimate of drug-likeness (QED) is 0.208. The van der Waals surface area contributed by atoms with Gasteiger partial charge < -0.3 is 35.5 Å². The van der Waals surface area contributed by atoms with Gasteiger partial charge in [-0.1, -0.05) is 31.5 Å². The topological polar surface area (TPSA) is 132 Å². The Morgan fingerprint density at radius 2 is 2.12 bits per heavy atom. The van der Waals surface area contributed by atoms with Gasteiger partial charge in [0.1, 0.15) is 17.2 Å². The van der Waals surface area contributed by atoms with Crippen LogP contribution in [0, 0.1) is 0 Å². The van der Waals surface area contributed by atoms with Crippen LogP contribution in [0.15, 0.2) is 36.5 Å². The number of anilines is 2. The van der Waals surface area contributed by atoms with Gasteiger partial charge in [0.2, 0.25) is 11.8 Å². The number of para-hydroxylation sites is 1. The second kappa shape index (κ2) is 12.8. The van der Waals surface area contributed by atoms with E-state index in [-0.39, 0.29) is 31.2 Å². The Kier molecular flexibility index (Phi) is 8.93. The number of aliphatic hydroxyl groups is 1. The Labute approximate surface area is 233 Å². The fourth-order valence-electron chi connectivity index (χ4n) is 5.49. The van der Waals surface area contributed by atoms with Gasteiger partial charge in [0.05, 0.1) is 25.8 Å². The summed E-state index contributed by atoms with van der Waals surface area (Å²) in [6.45, 7) is 3.79. The predicted molar refractivity (Wildman–Crippen MR) is 154 cm³/mol. The van der Waals surface area contributed by atoms with Crippen molar-refractivity contribution in [1.82, 2.24) is 24.8 Å². The molecule has 0 amide bonds. The molecule has 10 nitrogen and oxygen atoms in total. The van der Waals surface area contributed by atoms with Gasteiger partial charge in [0, 0.05) is 49.0 Å². The summed E-state index contributed by atoms with van der Waals surface area (Å²) >= 11 is 0. The number of rotatable bonds is 12. The van der Waals surface area contributed by atoms with Crippen molar-refractivity contribution in [3.63, 3.8) is 0 Å². The first kappa shape index (κ1) is 28.0. The summed E-state index contributed by atoms with van der Waals surface area (Å²) in [5.41, 5.74) is 10.5. The monoisotopic (exact) mass is 551 g/mol. The zero-order chi connectivity index (χ0) is 28.1. The first-order valence-electron chi connectivity index (χ1n) is 13.9. The number of nitrogen functional groups attached to an aromatic ring is 1. The van der Waals surface area contributed by atoms with Crippen LogP contribution in [0.3, 0.4) is 0 Å². The maximum Gasteiger partial charge on any atom is 0.222 e. The van der Waals surface area contributed by atoms with Crippen molar-refractivity contribution in [2.45, 2.75) is 64.0 Å². The number of fused-ring (bicyclic) bond motifs is 3. The standard InChI is InChI=1S/C29H38FN7O3/c1-3-6-20(9-11-38)34-27-26-25(35-29(31)36-27)21-7-4-5-8-24(21)37(26)16-19-13-18(15-33-28(19)39-2)14-32-23-10-12-40-17-22(23)30/h4-5,7-8,13,15,20,22-23,32,38H,3,6,9-12,14,16-17H2,1-2H3,(H3,31,34,35,36)/t20-,22-,23+/m0/s1. The van der Waals surface area contributed by atoms with Gasteiger partial charge in [-0.05, 0) is 37.0 Å². The smallest absolute Gasteiger partial charge is 0.222 e. The van der Waals surface area contributed by atoms with Crippen molar-refractivity contribution in [2.75, 3.05) is 38.0 Å². The summed E-state index contributed by atoms with van der Waals surface area (Å²) in [6, 6.07) is 9.88. The minimum Gasteiger partial charge on any atom is -0.481 e. The van der Waals surface area contributed by atoms with Crippen molar-refractivity contribution in [3.05, 3.63) is 47.7 Å². The fourth-order valence-corrected chi connectivity index (χ4v) is 5.49. The molecular weight excluding hydrogens is 513 g/mol. The number of nitrogens with one attached hydrogen (secondary N) is 2. The van der Waals surface area contributed by atoms with E-state index in [4.69, 9.17) is 15.2 Å². The summed E-state index contributed by atoms with van der Waals surface area (Å²) in [5, 5.41) is 17.5. The van der Waals surface area contributed by atoms with Crippen LogP contribution in [-0.2, 0) is 17.8 Å². The lowest BCUT2D eigenvalue weighted by Crippen LogP contribution is -2.43. The highest BCUT2D eigenvalue weighted by Gasteiger charge is 2.25. The van der Waals surface area contributed by atoms with E-state index in [2.05, 4.69) is 37.1 Å². The molecule has 214 valence electrons. The number of benzene rings is 1. The molecule has 3 aromatic heterocycles. The molecule has 1 saturated heterocycles. The van der Waals surface area contributed by atoms with Crippen molar-refractivity contribution in [3.8, 4) is 5.88 Å². The number of ether oxygens (including phenoxy) is 2. The summed E-state index contributed by atoms with van der Waals surface area (Å²) in [7, 11) is 1.60. The lowest BCUT2D eigenvalue weighted by atomic mass is 10.1. The molecule has 11 heteroatoms. The van der Waals surface area contributed by atoms with Crippen LogP contribution in [0.5, 0.6) is 5.88 Å². The van der Waals surface area contributed by atoms with Crippen molar-refractivity contribution in [2.24, 2.45) is 0 Å². The lowest BCUT2D eigenvalue weighted by molar-refractivity contribution is 0.0135. The van der Waals surface area contributed by atoms with Crippen molar-refractivity contribution in [1.29, 1.82) is 0 Å². The van der Waals surface area contributed by atoms with Crippen molar-refractivity contribution < 1.29 is 19.0 Å². The van der Waals surface area contributed by atoms with E-state index in [1.54, 1.807) is 13.3 Å². The maximum absolute atomic E-state index is 14.3. The number of aromatic nitrogens is 4. The minimum absolute atomic E-state index is 0.0362. The molecule has 0 aliphatic carbocycles. The lowest BCUT2D eigenvalue weighted by Gasteiger charge is -2.27. The molecule has 3 atom stereocenters. The Morgan fingerprint density at radius 3 is 2.90 bits per heavy atom. The normalized spacial score (nSPS) is 18.3. The number of halogens is 1. The van der Waals surface area contributed by atoms with E-state index in [9.17, 15) is 9.50 Å². The summed E-state index contributed by atoms with van der Waals surface area (Å²) < 4.78 is 27.3. The average molecular weight is 552 g/mol. The average Bonchev–Trinajstić information content (AvgIpc) is 3.26. The number of hydrogen-bond donors (Lipinski definition) is 4. The zero-order valence-corrected chi connectivity index (χ0v) is 23.1. The second-order valence-corrected chi connectivity index (χ2v) is 10.3. The Bertz CT molecular complexity index is 1440. The molecule has 5 N–H and O–H groups in total. The van der Waals surface area contributed by atoms with Crippen LogP contribution in [0.2, 0.25) is 0 Å². The molecule has 4 aromatic rings. The van der Waals surface area contributed by atoms with Gasteiger partial charge in [0.15, 0.2) is 5.82 Å². The van der Waals surface area contributed by atoms with E-state index in [1.807, 2.05) is 30.3 Å². The number of nitrogens with zero attached hydrogens (tertiary/aromatic N) is 4. The molecule has 40 heavy (non-hydrogen) atoms. The molecule has 0 unspecified atom stereocenters. The second-order valence-electron chi connectivity index (χ2n) is 10.3. The molecular formula is C29H38FN7O3. The Morgan fingerprint density at radius 1 is 1.27 bits per heavy atom. The van der Waals surface area contributed by atoms with E-state index in [1.165, 1.54) is 0 Å². The van der Waals surface area contributed by atoms with Gasteiger partial charge in [-0.3, -0.25) is 0 Å². The Hall–Kier alpha value is -3.54. The molecule has 1 aliphatic heterocycles. The first-order chi connectivity index (χ1) is 19.5. The third-order valence-corrected chi connectivity index (χ3v) is 7.44. The third kappa shape index (κ3) is 5.96. The van der Waals surface area contributed by atoms with Crippen LogP contribution in [0.1, 0.15) is 43.7 Å². The molecule has 4 heterocycles. The minimum atomic E-state index is -1.03. The van der Waals surface area contributed by atoms with Crippen LogP contribution >= 0.6 is 0 Å². The molecule has 0 saturated carbocycles. The highest BCUT2D eigenvalue weighted by Crippen LogP contribution is 2.34. The summed E-state index contributed by atoms with van der Waals surface area (Å²) in [5.74, 6) is 1.33. The number of methoxy groups -OCH3 is 1. The van der Waals surface area contributed by atoms with E-state index in [0.717, 1.165) is 45.9 Å². The largest absolute Gasteiger partial charge is 0.481 e. The van der Waals surface area contributed by atoms with Crippen LogP contribution in [-0.4, -0.2) is 69.8 Å². The van der Waals surface area contributed by atoms with Crippen LogP contribution < -0.4 is 21.1 Å². The molecule has 0 spiro atoms. The van der Waals surface area contributed by atoms with Crippen molar-refractivity contribution >= 4 is 33.7 Å². The fraction of sp³-hybridized carbons (Fsp3) is 0.483.